The summed E-state index contributed by atoms with van der Waals surface area (Å²) in [6.45, 7) is 5.09. The van der Waals surface area contributed by atoms with E-state index in [-0.39, 0.29) is 18.4 Å². The Kier molecular flexibility index (Phi) is 6.82. The number of pyridine rings is 1. The third-order valence-corrected chi connectivity index (χ3v) is 5.12. The topological polar surface area (TPSA) is 83.6 Å². The lowest BCUT2D eigenvalue weighted by Crippen LogP contribution is -2.53. The van der Waals surface area contributed by atoms with Crippen molar-refractivity contribution in [1.29, 1.82) is 0 Å². The molecule has 3 rings (SSSR count). The van der Waals surface area contributed by atoms with Crippen LogP contribution in [-0.4, -0.2) is 54.5 Å². The maximum absolute atomic E-state index is 12.8. The Morgan fingerprint density at radius 3 is 2.72 bits per heavy atom. The number of aromatic nitrogens is 1. The number of hydrogen-bond donors (Lipinski definition) is 2. The number of amides is 2. The fraction of sp³-hybridized carbons (Fsp3) is 0.409. The van der Waals surface area contributed by atoms with Crippen molar-refractivity contribution >= 4 is 17.6 Å². The van der Waals surface area contributed by atoms with E-state index in [0.29, 0.717) is 13.1 Å². The lowest BCUT2D eigenvalue weighted by molar-refractivity contribution is -0.162. The molecule has 1 aliphatic rings. The Morgan fingerprint density at radius 1 is 1.21 bits per heavy atom. The minimum Gasteiger partial charge on any atom is -0.370 e. The normalized spacial score (nSPS) is 19.1. The smallest absolute Gasteiger partial charge is 0.251 e. The monoisotopic (exact) mass is 396 g/mol. The molecule has 2 N–H and O–H groups in total. The molecule has 0 aliphatic carbocycles. The number of carbonyl (C=O) groups is 2. The Balaban J connectivity index is 1.56. The Morgan fingerprint density at radius 2 is 2.00 bits per heavy atom. The molecule has 1 aliphatic heterocycles. The fourth-order valence-electron chi connectivity index (χ4n) is 3.41. The van der Waals surface area contributed by atoms with Gasteiger partial charge in [0.25, 0.3) is 5.91 Å². The van der Waals surface area contributed by atoms with Crippen molar-refractivity contribution in [3.05, 3.63) is 59.3 Å². The third kappa shape index (κ3) is 5.12. The highest BCUT2D eigenvalue weighted by atomic mass is 16.5. The molecule has 2 heterocycles. The van der Waals surface area contributed by atoms with Crippen molar-refractivity contribution in [2.45, 2.75) is 32.4 Å². The molecule has 2 atom stereocenters. The maximum atomic E-state index is 12.8. The first kappa shape index (κ1) is 20.8. The summed E-state index contributed by atoms with van der Waals surface area (Å²) in [4.78, 5) is 30.9. The largest absolute Gasteiger partial charge is 0.370 e. The third-order valence-electron chi connectivity index (χ3n) is 5.12. The molecule has 2 aromatic rings. The predicted octanol–water partition coefficient (Wildman–Crippen LogP) is 2.22. The van der Waals surface area contributed by atoms with Crippen LogP contribution in [-0.2, 0) is 14.3 Å². The van der Waals surface area contributed by atoms with E-state index >= 15 is 0 Å². The average molecular weight is 396 g/mol. The number of likely N-dealkylation sites (N-methyl/N-ethyl adjacent to an activating group) is 1. The van der Waals surface area contributed by atoms with Crippen molar-refractivity contribution < 1.29 is 14.3 Å². The number of nitrogens with zero attached hydrogens (tertiary/aromatic N) is 2. The molecule has 0 saturated carbocycles. The van der Waals surface area contributed by atoms with Gasteiger partial charge in [-0.1, -0.05) is 30.3 Å². The van der Waals surface area contributed by atoms with Crippen LogP contribution in [0.5, 0.6) is 0 Å². The van der Waals surface area contributed by atoms with Gasteiger partial charge in [-0.25, -0.2) is 4.98 Å². The van der Waals surface area contributed by atoms with E-state index in [0.717, 1.165) is 28.9 Å². The zero-order valence-corrected chi connectivity index (χ0v) is 17.1. The van der Waals surface area contributed by atoms with Crippen LogP contribution in [0.2, 0.25) is 0 Å². The van der Waals surface area contributed by atoms with Gasteiger partial charge in [-0.15, -0.1) is 0 Å². The van der Waals surface area contributed by atoms with Crippen molar-refractivity contribution in [3.8, 4) is 0 Å². The van der Waals surface area contributed by atoms with Crippen LogP contribution in [0.3, 0.4) is 0 Å². The van der Waals surface area contributed by atoms with Gasteiger partial charge in [-0.2, -0.15) is 0 Å². The number of carbonyl (C=O) groups excluding carboxylic acids is 2. The average Bonchev–Trinajstić information content (AvgIpc) is 2.71. The molecule has 29 heavy (non-hydrogen) atoms. The van der Waals surface area contributed by atoms with E-state index in [2.05, 4.69) is 15.6 Å². The first-order valence-corrected chi connectivity index (χ1v) is 9.84. The molecule has 0 spiro atoms. The van der Waals surface area contributed by atoms with Gasteiger partial charge in [0.05, 0.1) is 6.04 Å². The van der Waals surface area contributed by atoms with Crippen LogP contribution in [0.1, 0.15) is 29.2 Å². The maximum Gasteiger partial charge on any atom is 0.251 e. The number of hydrogen-bond acceptors (Lipinski definition) is 5. The number of aryl methyl sites for hydroxylation is 2. The van der Waals surface area contributed by atoms with Crippen LogP contribution in [0.4, 0.5) is 5.82 Å². The van der Waals surface area contributed by atoms with Gasteiger partial charge in [0.1, 0.15) is 12.4 Å². The van der Waals surface area contributed by atoms with Gasteiger partial charge >= 0.3 is 0 Å². The van der Waals surface area contributed by atoms with E-state index in [9.17, 15) is 9.59 Å². The molecule has 7 heteroatoms. The summed E-state index contributed by atoms with van der Waals surface area (Å²) < 4.78 is 5.65. The van der Waals surface area contributed by atoms with E-state index < -0.39 is 12.1 Å². The molecule has 0 bridgehead atoms. The second-order valence-corrected chi connectivity index (χ2v) is 7.33. The summed E-state index contributed by atoms with van der Waals surface area (Å²) in [6, 6.07) is 11.3. The zero-order valence-electron chi connectivity index (χ0n) is 17.1. The van der Waals surface area contributed by atoms with Crippen LogP contribution in [0.15, 0.2) is 42.6 Å². The molecule has 154 valence electrons. The van der Waals surface area contributed by atoms with E-state index in [1.54, 1.807) is 11.9 Å². The van der Waals surface area contributed by atoms with Crippen molar-refractivity contribution in [3.63, 3.8) is 0 Å². The Hall–Kier alpha value is -2.93. The summed E-state index contributed by atoms with van der Waals surface area (Å²) in [7, 11) is 1.72. The molecule has 1 aromatic heterocycles. The Bertz CT molecular complexity index is 853. The lowest BCUT2D eigenvalue weighted by Gasteiger charge is -2.38. The van der Waals surface area contributed by atoms with Crippen molar-refractivity contribution in [2.24, 2.45) is 0 Å². The van der Waals surface area contributed by atoms with Gasteiger partial charge in [0, 0.05) is 26.3 Å². The quantitative estimate of drug-likeness (QED) is 0.701. The standard InChI is InChI=1S/C22H28N4O3/c1-15-9-10-18(25-13-15)23-11-6-12-24-22(28)21-20(26(3)19(27)14-29-21)17-8-5-4-7-16(17)2/h4-5,7-10,13,20-21H,6,11-12,14H2,1-3H3,(H,23,25)(H,24,28)/t20-,21+/m1/s1. The lowest BCUT2D eigenvalue weighted by atomic mass is 9.94. The van der Waals surface area contributed by atoms with Gasteiger partial charge < -0.3 is 20.3 Å². The molecule has 0 radical (unpaired) electrons. The SMILES string of the molecule is Cc1ccc(NCCCNC(=O)[C@H]2OCC(=O)N(C)[C@@H]2c2ccccc2C)nc1. The first-order valence-electron chi connectivity index (χ1n) is 9.84. The number of anilines is 1. The van der Waals surface area contributed by atoms with Crippen LogP contribution < -0.4 is 10.6 Å². The molecule has 2 amide bonds. The molecule has 0 unspecified atom stereocenters. The van der Waals surface area contributed by atoms with Crippen LogP contribution in [0.25, 0.3) is 0 Å². The summed E-state index contributed by atoms with van der Waals surface area (Å²) in [5, 5.41) is 6.17. The van der Waals surface area contributed by atoms with E-state index in [1.165, 1.54) is 0 Å². The highest BCUT2D eigenvalue weighted by Gasteiger charge is 2.40. The summed E-state index contributed by atoms with van der Waals surface area (Å²) >= 11 is 0. The first-order chi connectivity index (χ1) is 14.0. The molecular weight excluding hydrogens is 368 g/mol. The van der Waals surface area contributed by atoms with Crippen molar-refractivity contribution in [2.75, 3.05) is 32.1 Å². The number of nitrogens with one attached hydrogen (secondary N) is 2. The predicted molar refractivity (Wildman–Crippen MR) is 112 cm³/mol. The zero-order chi connectivity index (χ0) is 20.8. The number of morpholine rings is 1. The van der Waals surface area contributed by atoms with E-state index in [4.69, 9.17) is 4.74 Å². The molecule has 1 fully saturated rings. The van der Waals surface area contributed by atoms with Gasteiger partial charge in [-0.3, -0.25) is 9.59 Å². The Labute approximate surface area is 171 Å². The molecule has 1 saturated heterocycles. The molecule has 1 aromatic carbocycles. The molecular formula is C22H28N4O3. The fourth-order valence-corrected chi connectivity index (χ4v) is 3.41. The van der Waals surface area contributed by atoms with Gasteiger partial charge in [-0.05, 0) is 43.0 Å². The van der Waals surface area contributed by atoms with Gasteiger partial charge in [0.15, 0.2) is 6.10 Å². The highest BCUT2D eigenvalue weighted by molar-refractivity contribution is 5.86. The minimum atomic E-state index is -0.731. The second kappa shape index (κ2) is 9.52. The summed E-state index contributed by atoms with van der Waals surface area (Å²) in [5.41, 5.74) is 3.06. The molecule has 7 nitrogen and oxygen atoms in total. The number of rotatable bonds is 7. The summed E-state index contributed by atoms with van der Waals surface area (Å²) in [6.07, 6.45) is 1.83. The minimum absolute atomic E-state index is 0.0857. The van der Waals surface area contributed by atoms with Crippen molar-refractivity contribution in [1.82, 2.24) is 15.2 Å². The van der Waals surface area contributed by atoms with Gasteiger partial charge in [0.2, 0.25) is 5.91 Å². The number of ether oxygens (including phenoxy) is 1. The van der Waals surface area contributed by atoms with Crippen LogP contribution in [0, 0.1) is 13.8 Å². The second-order valence-electron chi connectivity index (χ2n) is 7.33. The number of benzene rings is 1. The van der Waals surface area contributed by atoms with Crippen LogP contribution >= 0.6 is 0 Å². The van der Waals surface area contributed by atoms with E-state index in [1.807, 2.05) is 56.4 Å². The highest BCUT2D eigenvalue weighted by Crippen LogP contribution is 2.31. The summed E-state index contributed by atoms with van der Waals surface area (Å²) in [5.74, 6) is 0.487.